The first-order chi connectivity index (χ1) is 8.22. The third kappa shape index (κ3) is 2.99. The van der Waals surface area contributed by atoms with Gasteiger partial charge in [0.2, 0.25) is 0 Å². The van der Waals surface area contributed by atoms with Gasteiger partial charge >= 0.3 is 0 Å². The van der Waals surface area contributed by atoms with Gasteiger partial charge < -0.3 is 0 Å². The van der Waals surface area contributed by atoms with Crippen molar-refractivity contribution in [3.63, 3.8) is 0 Å². The van der Waals surface area contributed by atoms with Crippen LogP contribution < -0.4 is 0 Å². The minimum atomic E-state index is 0.561. The Morgan fingerprint density at radius 1 is 1.47 bits per heavy atom. The smallest absolute Gasteiger partial charge is 0.129 e. The van der Waals surface area contributed by atoms with Crippen LogP contribution in [0.25, 0.3) is 0 Å². The number of nitrogens with zero attached hydrogens (tertiary/aromatic N) is 2. The largest absolute Gasteiger partial charge is 0.296 e. The molecule has 2 nitrogen and oxygen atoms in total. The third-order valence-corrected chi connectivity index (χ3v) is 3.82. The molecule has 1 aromatic rings. The standard InChI is InChI=1S/C14H21ClN2/c1-3-4-9-17-10-5-6-13(17)12-7-8-14(15)16-11(12)2/h7-8,13H,3-6,9-10H2,1-2H3. The topological polar surface area (TPSA) is 16.1 Å². The number of unbranched alkanes of at least 4 members (excludes halogenated alkanes) is 1. The maximum absolute atomic E-state index is 5.92. The molecular weight excluding hydrogens is 232 g/mol. The molecule has 2 rings (SSSR count). The number of likely N-dealkylation sites (tertiary alicyclic amines) is 1. The van der Waals surface area contributed by atoms with Crippen LogP contribution in [-0.2, 0) is 0 Å². The van der Waals surface area contributed by atoms with Crippen LogP contribution in [0.2, 0.25) is 5.15 Å². The van der Waals surface area contributed by atoms with Crippen molar-refractivity contribution in [2.75, 3.05) is 13.1 Å². The lowest BCUT2D eigenvalue weighted by atomic mass is 10.0. The molecular formula is C14H21ClN2. The minimum absolute atomic E-state index is 0.561. The highest BCUT2D eigenvalue weighted by atomic mass is 35.5. The summed E-state index contributed by atoms with van der Waals surface area (Å²) in [5.41, 5.74) is 2.45. The summed E-state index contributed by atoms with van der Waals surface area (Å²) in [5.74, 6) is 0. The van der Waals surface area contributed by atoms with Crippen molar-refractivity contribution in [2.24, 2.45) is 0 Å². The molecule has 0 saturated carbocycles. The Hall–Kier alpha value is -0.600. The van der Waals surface area contributed by atoms with Gasteiger partial charge in [0, 0.05) is 11.7 Å². The van der Waals surface area contributed by atoms with E-state index in [9.17, 15) is 0 Å². The van der Waals surface area contributed by atoms with E-state index < -0.39 is 0 Å². The number of aryl methyl sites for hydroxylation is 1. The van der Waals surface area contributed by atoms with Gasteiger partial charge in [0.05, 0.1) is 0 Å². The molecule has 0 spiro atoms. The summed E-state index contributed by atoms with van der Waals surface area (Å²) in [5, 5.41) is 0.601. The van der Waals surface area contributed by atoms with Gasteiger partial charge in [0.15, 0.2) is 0 Å². The number of hydrogen-bond donors (Lipinski definition) is 0. The van der Waals surface area contributed by atoms with Crippen LogP contribution >= 0.6 is 11.6 Å². The molecule has 2 heterocycles. The fourth-order valence-corrected chi connectivity index (χ4v) is 2.89. The lowest BCUT2D eigenvalue weighted by molar-refractivity contribution is 0.252. The normalized spacial score (nSPS) is 21.0. The third-order valence-electron chi connectivity index (χ3n) is 3.61. The molecule has 0 aliphatic carbocycles. The molecule has 0 bridgehead atoms. The van der Waals surface area contributed by atoms with E-state index in [1.54, 1.807) is 0 Å². The van der Waals surface area contributed by atoms with Crippen molar-refractivity contribution in [1.82, 2.24) is 9.88 Å². The molecule has 0 aromatic carbocycles. The van der Waals surface area contributed by atoms with Gasteiger partial charge in [0.1, 0.15) is 5.15 Å². The van der Waals surface area contributed by atoms with Gasteiger partial charge in [-0.2, -0.15) is 0 Å². The lowest BCUT2D eigenvalue weighted by Gasteiger charge is -2.25. The number of hydrogen-bond acceptors (Lipinski definition) is 2. The second-order valence-electron chi connectivity index (χ2n) is 4.86. The molecule has 1 atom stereocenters. The Morgan fingerprint density at radius 2 is 2.29 bits per heavy atom. The van der Waals surface area contributed by atoms with E-state index in [1.165, 1.54) is 44.3 Å². The summed E-state index contributed by atoms with van der Waals surface area (Å²) in [4.78, 5) is 6.97. The van der Waals surface area contributed by atoms with Crippen LogP contribution in [0.3, 0.4) is 0 Å². The van der Waals surface area contributed by atoms with Crippen molar-refractivity contribution in [3.8, 4) is 0 Å². The SMILES string of the molecule is CCCCN1CCCC1c1ccc(Cl)nc1C. The first-order valence-electron chi connectivity index (χ1n) is 6.59. The number of aromatic nitrogens is 1. The fraction of sp³-hybridized carbons (Fsp3) is 0.643. The highest BCUT2D eigenvalue weighted by Gasteiger charge is 2.26. The van der Waals surface area contributed by atoms with Crippen LogP contribution in [0.5, 0.6) is 0 Å². The summed E-state index contributed by atoms with van der Waals surface area (Å²) in [7, 11) is 0. The van der Waals surface area contributed by atoms with E-state index in [4.69, 9.17) is 11.6 Å². The summed E-state index contributed by atoms with van der Waals surface area (Å²) >= 11 is 5.92. The highest BCUT2D eigenvalue weighted by molar-refractivity contribution is 6.29. The number of halogens is 1. The zero-order valence-corrected chi connectivity index (χ0v) is 11.5. The molecule has 0 radical (unpaired) electrons. The molecule has 1 aromatic heterocycles. The quantitative estimate of drug-likeness (QED) is 0.754. The van der Waals surface area contributed by atoms with Gasteiger partial charge in [-0.25, -0.2) is 4.98 Å². The van der Waals surface area contributed by atoms with Crippen molar-refractivity contribution in [2.45, 2.75) is 45.6 Å². The monoisotopic (exact) mass is 252 g/mol. The zero-order chi connectivity index (χ0) is 12.3. The Balaban J connectivity index is 2.14. The van der Waals surface area contributed by atoms with Gasteiger partial charge in [-0.15, -0.1) is 0 Å². The Kier molecular flexibility index (Phi) is 4.41. The predicted molar refractivity (Wildman–Crippen MR) is 72.4 cm³/mol. The average molecular weight is 253 g/mol. The number of rotatable bonds is 4. The highest BCUT2D eigenvalue weighted by Crippen LogP contribution is 2.33. The number of pyridine rings is 1. The Labute approximate surface area is 109 Å². The molecule has 0 amide bonds. The Morgan fingerprint density at radius 3 is 3.00 bits per heavy atom. The van der Waals surface area contributed by atoms with Gasteiger partial charge in [-0.05, 0) is 50.9 Å². The van der Waals surface area contributed by atoms with Crippen LogP contribution in [0.1, 0.15) is 49.9 Å². The van der Waals surface area contributed by atoms with Crippen LogP contribution in [0.4, 0.5) is 0 Å². The van der Waals surface area contributed by atoms with Crippen molar-refractivity contribution < 1.29 is 0 Å². The molecule has 1 aliphatic rings. The summed E-state index contributed by atoms with van der Waals surface area (Å²) in [6, 6.07) is 4.63. The molecule has 1 saturated heterocycles. The van der Waals surface area contributed by atoms with Crippen LogP contribution in [0.15, 0.2) is 12.1 Å². The van der Waals surface area contributed by atoms with E-state index in [0.717, 1.165) is 5.69 Å². The van der Waals surface area contributed by atoms with Crippen LogP contribution in [0, 0.1) is 6.92 Å². The second-order valence-corrected chi connectivity index (χ2v) is 5.24. The molecule has 94 valence electrons. The zero-order valence-electron chi connectivity index (χ0n) is 10.7. The summed E-state index contributed by atoms with van der Waals surface area (Å²) in [6.45, 7) is 6.76. The van der Waals surface area contributed by atoms with E-state index in [2.05, 4.69) is 29.8 Å². The van der Waals surface area contributed by atoms with Crippen molar-refractivity contribution in [1.29, 1.82) is 0 Å². The second kappa shape index (κ2) is 5.83. The van der Waals surface area contributed by atoms with Gasteiger partial charge in [-0.3, -0.25) is 4.90 Å². The minimum Gasteiger partial charge on any atom is -0.296 e. The lowest BCUT2D eigenvalue weighted by Crippen LogP contribution is -2.25. The van der Waals surface area contributed by atoms with Crippen molar-refractivity contribution in [3.05, 3.63) is 28.5 Å². The molecule has 1 aliphatic heterocycles. The first kappa shape index (κ1) is 12.8. The van der Waals surface area contributed by atoms with Gasteiger partial charge in [-0.1, -0.05) is 31.0 Å². The maximum Gasteiger partial charge on any atom is 0.129 e. The molecule has 1 unspecified atom stereocenters. The molecule has 17 heavy (non-hydrogen) atoms. The Bertz CT molecular complexity index is 378. The van der Waals surface area contributed by atoms with Gasteiger partial charge in [0.25, 0.3) is 0 Å². The summed E-state index contributed by atoms with van der Waals surface area (Å²) in [6.07, 6.45) is 5.11. The average Bonchev–Trinajstić information content (AvgIpc) is 2.74. The van der Waals surface area contributed by atoms with E-state index in [-0.39, 0.29) is 0 Å². The first-order valence-corrected chi connectivity index (χ1v) is 6.97. The molecule has 1 fully saturated rings. The van der Waals surface area contributed by atoms with E-state index in [0.29, 0.717) is 11.2 Å². The molecule has 3 heteroatoms. The van der Waals surface area contributed by atoms with Crippen molar-refractivity contribution >= 4 is 11.6 Å². The van der Waals surface area contributed by atoms with E-state index in [1.807, 2.05) is 6.07 Å². The fourth-order valence-electron chi connectivity index (χ4n) is 2.70. The predicted octanol–water partition coefficient (Wildman–Crippen LogP) is 3.98. The van der Waals surface area contributed by atoms with Crippen LogP contribution in [-0.4, -0.2) is 23.0 Å². The summed E-state index contributed by atoms with van der Waals surface area (Å²) < 4.78 is 0. The molecule has 0 N–H and O–H groups in total. The van der Waals surface area contributed by atoms with E-state index >= 15 is 0 Å². The maximum atomic E-state index is 5.92.